The predicted octanol–water partition coefficient (Wildman–Crippen LogP) is 1.66. The molecule has 0 saturated carbocycles. The predicted molar refractivity (Wildman–Crippen MR) is 67.7 cm³/mol. The molecule has 0 radical (unpaired) electrons. The van der Waals surface area contributed by atoms with Gasteiger partial charge < -0.3 is 0 Å². The number of nitro groups is 1. The molecule has 0 spiro atoms. The molecule has 0 fully saturated rings. The van der Waals surface area contributed by atoms with Crippen molar-refractivity contribution in [2.45, 2.75) is 24.8 Å². The maximum absolute atomic E-state index is 13.8. The van der Waals surface area contributed by atoms with Gasteiger partial charge in [-0.1, -0.05) is 0 Å². The molecule has 7 nitrogen and oxygen atoms in total. The van der Waals surface area contributed by atoms with Crippen molar-refractivity contribution in [1.29, 1.82) is 5.26 Å². The Kier molecular flexibility index (Phi) is 4.75. The second-order valence-electron chi connectivity index (χ2n) is 4.17. The van der Waals surface area contributed by atoms with E-state index < -0.39 is 43.9 Å². The number of benzene rings is 1. The minimum Gasteiger partial charge on any atom is -0.258 e. The van der Waals surface area contributed by atoms with Crippen LogP contribution in [0.15, 0.2) is 23.1 Å². The molecule has 0 heterocycles. The lowest BCUT2D eigenvalue weighted by Crippen LogP contribution is -2.37. The van der Waals surface area contributed by atoms with Gasteiger partial charge in [0.2, 0.25) is 10.0 Å². The van der Waals surface area contributed by atoms with E-state index in [2.05, 4.69) is 0 Å². The van der Waals surface area contributed by atoms with Crippen molar-refractivity contribution in [3.05, 3.63) is 34.1 Å². The molecule has 1 aromatic carbocycles. The lowest BCUT2D eigenvalue weighted by molar-refractivity contribution is -0.385. The third kappa shape index (κ3) is 3.09. The average Bonchev–Trinajstić information content (AvgIpc) is 2.34. The molecule has 0 aliphatic heterocycles. The highest BCUT2D eigenvalue weighted by Gasteiger charge is 2.30. The summed E-state index contributed by atoms with van der Waals surface area (Å²) < 4.78 is 39.1. The molecule has 0 unspecified atom stereocenters. The Morgan fingerprint density at radius 3 is 2.50 bits per heavy atom. The summed E-state index contributed by atoms with van der Waals surface area (Å²) in [5.74, 6) is -1.22. The van der Waals surface area contributed by atoms with Crippen LogP contribution in [0.2, 0.25) is 0 Å². The van der Waals surface area contributed by atoms with E-state index in [1.807, 2.05) is 0 Å². The summed E-state index contributed by atoms with van der Waals surface area (Å²) in [5.41, 5.74) is -0.544. The first-order valence-corrected chi connectivity index (χ1v) is 6.98. The van der Waals surface area contributed by atoms with Crippen molar-refractivity contribution in [2.75, 3.05) is 6.54 Å². The lowest BCUT2D eigenvalue weighted by atomic mass is 10.3. The van der Waals surface area contributed by atoms with Crippen LogP contribution < -0.4 is 0 Å². The second-order valence-corrected chi connectivity index (χ2v) is 6.03. The first-order valence-electron chi connectivity index (χ1n) is 5.54. The molecule has 0 aromatic heterocycles. The molecule has 0 N–H and O–H groups in total. The molecule has 0 aliphatic carbocycles. The van der Waals surface area contributed by atoms with Crippen molar-refractivity contribution in [3.8, 4) is 6.07 Å². The van der Waals surface area contributed by atoms with Gasteiger partial charge in [-0.05, 0) is 19.9 Å². The van der Waals surface area contributed by atoms with Crippen LogP contribution in [0.25, 0.3) is 0 Å². The van der Waals surface area contributed by atoms with E-state index in [-0.39, 0.29) is 0 Å². The van der Waals surface area contributed by atoms with Gasteiger partial charge in [-0.2, -0.15) is 9.57 Å². The molecule has 0 saturated heterocycles. The van der Waals surface area contributed by atoms with E-state index in [9.17, 15) is 22.9 Å². The maximum atomic E-state index is 13.8. The van der Waals surface area contributed by atoms with Crippen molar-refractivity contribution in [1.82, 2.24) is 4.31 Å². The zero-order valence-corrected chi connectivity index (χ0v) is 11.6. The maximum Gasteiger partial charge on any atom is 0.272 e. The molecule has 0 amide bonds. The number of sulfonamides is 1. The Labute approximate surface area is 115 Å². The lowest BCUT2D eigenvalue weighted by Gasteiger charge is -2.23. The monoisotopic (exact) mass is 301 g/mol. The zero-order valence-electron chi connectivity index (χ0n) is 10.8. The second kappa shape index (κ2) is 5.94. The van der Waals surface area contributed by atoms with Gasteiger partial charge in [0, 0.05) is 12.1 Å². The summed E-state index contributed by atoms with van der Waals surface area (Å²) in [6.07, 6.45) is 0. The van der Waals surface area contributed by atoms with Gasteiger partial charge in [0.05, 0.1) is 17.1 Å². The molecule has 108 valence electrons. The van der Waals surface area contributed by atoms with E-state index in [0.717, 1.165) is 16.4 Å². The number of nitrogens with zero attached hydrogens (tertiary/aromatic N) is 3. The Balaban J connectivity index is 3.35. The van der Waals surface area contributed by atoms with Crippen molar-refractivity contribution in [3.63, 3.8) is 0 Å². The summed E-state index contributed by atoms with van der Waals surface area (Å²) in [7, 11) is -4.22. The van der Waals surface area contributed by atoms with Crippen molar-refractivity contribution < 1.29 is 17.7 Å². The van der Waals surface area contributed by atoms with E-state index in [1.165, 1.54) is 13.8 Å². The van der Waals surface area contributed by atoms with Gasteiger partial charge >= 0.3 is 0 Å². The fourth-order valence-electron chi connectivity index (χ4n) is 1.55. The van der Waals surface area contributed by atoms with Crippen LogP contribution in [0, 0.1) is 27.3 Å². The minimum absolute atomic E-state index is 0.434. The van der Waals surface area contributed by atoms with Crippen LogP contribution >= 0.6 is 0 Å². The highest BCUT2D eigenvalue weighted by Crippen LogP contribution is 2.24. The Bertz CT molecular complexity index is 667. The molecule has 1 aromatic rings. The van der Waals surface area contributed by atoms with Gasteiger partial charge in [-0.15, -0.1) is 0 Å². The summed E-state index contributed by atoms with van der Waals surface area (Å²) in [6, 6.07) is 3.42. The van der Waals surface area contributed by atoms with Crippen LogP contribution in [0.5, 0.6) is 0 Å². The fraction of sp³-hybridized carbons (Fsp3) is 0.364. The molecule has 1 rings (SSSR count). The quantitative estimate of drug-likeness (QED) is 0.467. The highest BCUT2D eigenvalue weighted by atomic mass is 32.2. The van der Waals surface area contributed by atoms with Crippen LogP contribution in [-0.4, -0.2) is 30.2 Å². The van der Waals surface area contributed by atoms with Gasteiger partial charge in [0.15, 0.2) is 0 Å². The van der Waals surface area contributed by atoms with Gasteiger partial charge in [0.25, 0.3) is 5.69 Å². The average molecular weight is 301 g/mol. The van der Waals surface area contributed by atoms with Crippen LogP contribution in [-0.2, 0) is 10.0 Å². The molecule has 0 bridgehead atoms. The summed E-state index contributed by atoms with van der Waals surface area (Å²) in [5, 5.41) is 19.1. The molecular weight excluding hydrogens is 289 g/mol. The summed E-state index contributed by atoms with van der Waals surface area (Å²) >= 11 is 0. The van der Waals surface area contributed by atoms with Gasteiger partial charge in [-0.25, -0.2) is 12.8 Å². The first kappa shape index (κ1) is 16.0. The van der Waals surface area contributed by atoms with E-state index in [0.29, 0.717) is 6.07 Å². The standard InChI is InChI=1S/C11H12FN3O4S/c1-8(2)14(6-5-13)20(18,19)11-4-3-9(15(16)17)7-10(11)12/h3-4,7-8H,6H2,1-2H3. The smallest absolute Gasteiger partial charge is 0.258 e. The largest absolute Gasteiger partial charge is 0.272 e. The third-order valence-electron chi connectivity index (χ3n) is 2.52. The number of nitriles is 1. The third-order valence-corrected chi connectivity index (χ3v) is 4.57. The van der Waals surface area contributed by atoms with Crippen LogP contribution in [0.1, 0.15) is 13.8 Å². The van der Waals surface area contributed by atoms with E-state index in [4.69, 9.17) is 5.26 Å². The van der Waals surface area contributed by atoms with E-state index in [1.54, 1.807) is 6.07 Å². The van der Waals surface area contributed by atoms with Crippen LogP contribution in [0.4, 0.5) is 10.1 Å². The fourth-order valence-corrected chi connectivity index (χ4v) is 3.13. The normalized spacial score (nSPS) is 11.6. The van der Waals surface area contributed by atoms with Gasteiger partial charge in [-0.3, -0.25) is 10.1 Å². The Morgan fingerprint density at radius 2 is 2.10 bits per heavy atom. The summed E-state index contributed by atoms with van der Waals surface area (Å²) in [6.45, 7) is 2.65. The molecule has 0 aliphatic rings. The number of hydrogen-bond donors (Lipinski definition) is 0. The molecular formula is C11H12FN3O4S. The number of rotatable bonds is 5. The van der Waals surface area contributed by atoms with E-state index >= 15 is 0 Å². The highest BCUT2D eigenvalue weighted by molar-refractivity contribution is 7.89. The zero-order chi connectivity index (χ0) is 15.5. The number of hydrogen-bond acceptors (Lipinski definition) is 5. The van der Waals surface area contributed by atoms with Crippen molar-refractivity contribution >= 4 is 15.7 Å². The minimum atomic E-state index is -4.22. The molecule has 0 atom stereocenters. The van der Waals surface area contributed by atoms with Crippen LogP contribution in [0.3, 0.4) is 0 Å². The van der Waals surface area contributed by atoms with Crippen molar-refractivity contribution in [2.24, 2.45) is 0 Å². The SMILES string of the molecule is CC(C)N(CC#N)S(=O)(=O)c1ccc([N+](=O)[O-])cc1F. The topological polar surface area (TPSA) is 104 Å². The Morgan fingerprint density at radius 1 is 1.50 bits per heavy atom. The molecule has 20 heavy (non-hydrogen) atoms. The molecule has 9 heteroatoms. The number of halogens is 1. The number of non-ortho nitro benzene ring substituents is 1. The number of nitro benzene ring substituents is 1. The summed E-state index contributed by atoms with van der Waals surface area (Å²) in [4.78, 5) is 8.98. The first-order chi connectivity index (χ1) is 9.21. The Hall–Kier alpha value is -2.05. The van der Waals surface area contributed by atoms with Gasteiger partial charge in [0.1, 0.15) is 17.3 Å².